The van der Waals surface area contributed by atoms with Crippen molar-refractivity contribution in [2.45, 2.75) is 18.1 Å². The smallest absolute Gasteiger partial charge is 0.152 e. The summed E-state index contributed by atoms with van der Waals surface area (Å²) >= 11 is 0. The van der Waals surface area contributed by atoms with E-state index >= 15 is 0 Å². The van der Waals surface area contributed by atoms with Gasteiger partial charge in [-0.05, 0) is 24.6 Å². The zero-order valence-corrected chi connectivity index (χ0v) is 12.2. The molecule has 1 saturated carbocycles. The molecule has 108 valence electrons. The van der Waals surface area contributed by atoms with Gasteiger partial charge in [0.25, 0.3) is 0 Å². The molecule has 1 aromatic rings. The van der Waals surface area contributed by atoms with Gasteiger partial charge in [0, 0.05) is 18.8 Å². The normalized spacial score (nSPS) is 28.9. The molecular formula is C14H16FNO3S. The molecule has 3 atom stereocenters. The van der Waals surface area contributed by atoms with Crippen LogP contribution in [0.5, 0.6) is 0 Å². The van der Waals surface area contributed by atoms with E-state index in [-0.39, 0.29) is 6.61 Å². The van der Waals surface area contributed by atoms with Crippen LogP contribution in [0.15, 0.2) is 24.3 Å². The van der Waals surface area contributed by atoms with Gasteiger partial charge in [-0.1, -0.05) is 12.1 Å². The van der Waals surface area contributed by atoms with Crippen molar-refractivity contribution >= 4 is 9.84 Å². The first kappa shape index (κ1) is 14.9. The van der Waals surface area contributed by atoms with Gasteiger partial charge in [-0.2, -0.15) is 5.26 Å². The number of halogens is 1. The van der Waals surface area contributed by atoms with Gasteiger partial charge in [0.2, 0.25) is 0 Å². The first-order valence-corrected chi connectivity index (χ1v) is 8.25. The van der Waals surface area contributed by atoms with E-state index in [1.165, 1.54) is 24.3 Å². The molecule has 0 N–H and O–H groups in total. The van der Waals surface area contributed by atoms with E-state index in [1.54, 1.807) is 6.92 Å². The van der Waals surface area contributed by atoms with Crippen LogP contribution >= 0.6 is 0 Å². The van der Waals surface area contributed by atoms with Gasteiger partial charge in [0.05, 0.1) is 17.9 Å². The van der Waals surface area contributed by atoms with E-state index in [0.717, 1.165) is 6.26 Å². The number of nitrogens with zero attached hydrogens (tertiary/aromatic N) is 1. The predicted octanol–water partition coefficient (Wildman–Crippen LogP) is 1.88. The van der Waals surface area contributed by atoms with Crippen molar-refractivity contribution in [1.29, 1.82) is 5.26 Å². The van der Waals surface area contributed by atoms with Crippen molar-refractivity contribution in [3.63, 3.8) is 0 Å². The van der Waals surface area contributed by atoms with Gasteiger partial charge in [-0.25, -0.2) is 12.8 Å². The van der Waals surface area contributed by atoms with Gasteiger partial charge < -0.3 is 4.74 Å². The van der Waals surface area contributed by atoms with Crippen LogP contribution in [0.2, 0.25) is 0 Å². The molecule has 0 saturated heterocycles. The maximum Gasteiger partial charge on any atom is 0.152 e. The minimum absolute atomic E-state index is 0.0692. The summed E-state index contributed by atoms with van der Waals surface area (Å²) in [5.74, 6) is -0.854. The lowest BCUT2D eigenvalue weighted by atomic mass is 10.0. The lowest BCUT2D eigenvalue weighted by molar-refractivity contribution is 0.117. The van der Waals surface area contributed by atoms with Crippen molar-refractivity contribution in [3.05, 3.63) is 35.6 Å². The fraction of sp³-hybridized carbons (Fsp3) is 0.500. The van der Waals surface area contributed by atoms with Crippen LogP contribution in [0, 0.1) is 22.6 Å². The van der Waals surface area contributed by atoms with Crippen molar-refractivity contribution in [2.24, 2.45) is 5.41 Å². The van der Waals surface area contributed by atoms with E-state index in [4.69, 9.17) is 4.74 Å². The molecule has 20 heavy (non-hydrogen) atoms. The van der Waals surface area contributed by atoms with Gasteiger partial charge in [-0.3, -0.25) is 0 Å². The molecule has 0 bridgehead atoms. The second kappa shape index (κ2) is 5.15. The lowest BCUT2D eigenvalue weighted by Gasteiger charge is -2.08. The molecule has 0 radical (unpaired) electrons. The molecule has 0 aliphatic heterocycles. The zero-order chi connectivity index (χ0) is 15.0. The summed E-state index contributed by atoms with van der Waals surface area (Å²) in [5.41, 5.74) is -0.412. The van der Waals surface area contributed by atoms with Gasteiger partial charge in [-0.15, -0.1) is 0 Å². The molecule has 2 rings (SSSR count). The average Bonchev–Trinajstić information content (AvgIpc) is 3.07. The number of hydrogen-bond donors (Lipinski definition) is 0. The molecule has 6 heteroatoms. The quantitative estimate of drug-likeness (QED) is 0.832. The van der Waals surface area contributed by atoms with E-state index in [1.807, 2.05) is 0 Å². The van der Waals surface area contributed by atoms with Crippen LogP contribution in [0.25, 0.3) is 0 Å². The number of rotatable bonds is 5. The number of hydrogen-bond acceptors (Lipinski definition) is 4. The Morgan fingerprint density at radius 1 is 1.40 bits per heavy atom. The van der Waals surface area contributed by atoms with Crippen molar-refractivity contribution < 1.29 is 17.5 Å². The summed E-state index contributed by atoms with van der Waals surface area (Å²) in [4.78, 5) is 0. The summed E-state index contributed by atoms with van der Waals surface area (Å²) in [5, 5.41) is 8.64. The summed E-state index contributed by atoms with van der Waals surface area (Å²) in [6.45, 7) is 2.27. The van der Waals surface area contributed by atoms with E-state index in [0.29, 0.717) is 12.2 Å². The standard InChI is InChI=1S/C14H16FNO3S/c1-3-19-9-14(8-16)12(13(14)20(2,17)18)10-4-6-11(15)7-5-10/h4-7,12-13H,3,9H2,1-2H3/t12-,13-,14-/m1/s1. The van der Waals surface area contributed by atoms with Crippen LogP contribution in [-0.2, 0) is 14.6 Å². The second-order valence-electron chi connectivity index (χ2n) is 5.07. The molecule has 1 aromatic carbocycles. The number of sulfone groups is 1. The Morgan fingerprint density at radius 2 is 2.00 bits per heavy atom. The SMILES string of the molecule is CCOC[C@]1(C#N)[C@H](c2ccc(F)cc2)[C@H]1S(C)(=O)=O. The van der Waals surface area contributed by atoms with Crippen LogP contribution in [0.3, 0.4) is 0 Å². The summed E-state index contributed by atoms with van der Waals surface area (Å²) < 4.78 is 42.1. The Balaban J connectivity index is 2.40. The molecular weight excluding hydrogens is 281 g/mol. The highest BCUT2D eigenvalue weighted by atomic mass is 32.2. The molecule has 0 amide bonds. The molecule has 1 aliphatic carbocycles. The molecule has 0 unspecified atom stereocenters. The third kappa shape index (κ3) is 2.43. The fourth-order valence-corrected chi connectivity index (χ4v) is 4.63. The van der Waals surface area contributed by atoms with Crippen molar-refractivity contribution in [3.8, 4) is 6.07 Å². The second-order valence-corrected chi connectivity index (χ2v) is 7.24. The van der Waals surface area contributed by atoms with E-state index in [2.05, 4.69) is 6.07 Å². The minimum Gasteiger partial charge on any atom is -0.380 e. The van der Waals surface area contributed by atoms with Gasteiger partial charge >= 0.3 is 0 Å². The van der Waals surface area contributed by atoms with Gasteiger partial charge in [0.15, 0.2) is 9.84 Å². The van der Waals surface area contributed by atoms with E-state index in [9.17, 15) is 18.1 Å². The zero-order valence-electron chi connectivity index (χ0n) is 11.3. The number of ether oxygens (including phenoxy) is 1. The highest BCUT2D eigenvalue weighted by molar-refractivity contribution is 7.91. The highest BCUT2D eigenvalue weighted by Gasteiger charge is 2.71. The van der Waals surface area contributed by atoms with Crippen LogP contribution in [0.1, 0.15) is 18.4 Å². The molecule has 0 heterocycles. The topological polar surface area (TPSA) is 67.2 Å². The maximum absolute atomic E-state index is 13.0. The van der Waals surface area contributed by atoms with Crippen LogP contribution in [0.4, 0.5) is 4.39 Å². The summed E-state index contributed by atoms with van der Waals surface area (Å²) in [6.07, 6.45) is 1.12. The predicted molar refractivity (Wildman–Crippen MR) is 72.3 cm³/mol. The molecule has 0 spiro atoms. The maximum atomic E-state index is 13.0. The van der Waals surface area contributed by atoms with Gasteiger partial charge in [0.1, 0.15) is 11.2 Å². The Morgan fingerprint density at radius 3 is 2.45 bits per heavy atom. The largest absolute Gasteiger partial charge is 0.380 e. The Bertz CT molecular complexity index is 635. The Labute approximate surface area is 118 Å². The highest BCUT2D eigenvalue weighted by Crippen LogP contribution is 2.62. The molecule has 0 aromatic heterocycles. The lowest BCUT2D eigenvalue weighted by Crippen LogP contribution is -2.18. The Kier molecular flexibility index (Phi) is 3.85. The van der Waals surface area contributed by atoms with Crippen LogP contribution < -0.4 is 0 Å². The average molecular weight is 297 g/mol. The first-order chi connectivity index (χ1) is 9.36. The monoisotopic (exact) mass is 297 g/mol. The molecule has 1 aliphatic rings. The summed E-state index contributed by atoms with van der Waals surface area (Å²) in [7, 11) is -3.38. The summed E-state index contributed by atoms with van der Waals surface area (Å²) in [6, 6.07) is 7.72. The number of benzene rings is 1. The fourth-order valence-electron chi connectivity index (χ4n) is 2.78. The Hall–Kier alpha value is -1.45. The van der Waals surface area contributed by atoms with Crippen molar-refractivity contribution in [1.82, 2.24) is 0 Å². The minimum atomic E-state index is -3.38. The third-order valence-corrected chi connectivity index (χ3v) is 5.32. The molecule has 4 nitrogen and oxygen atoms in total. The number of nitriles is 1. The first-order valence-electron chi connectivity index (χ1n) is 6.30. The van der Waals surface area contributed by atoms with Crippen molar-refractivity contribution in [2.75, 3.05) is 19.5 Å². The molecule has 1 fully saturated rings. The van der Waals surface area contributed by atoms with Crippen LogP contribution in [-0.4, -0.2) is 33.1 Å². The van der Waals surface area contributed by atoms with E-state index < -0.39 is 32.2 Å². The third-order valence-electron chi connectivity index (χ3n) is 3.70.